The molecule has 40 heavy (non-hydrogen) atoms. The average Bonchev–Trinajstić information content (AvgIpc) is 2.85. The van der Waals surface area contributed by atoms with Gasteiger partial charge in [-0.05, 0) is 79.7 Å². The van der Waals surface area contributed by atoms with Gasteiger partial charge in [0.2, 0.25) is 5.88 Å². The molecule has 1 atom stereocenters. The molecule has 8 nitrogen and oxygen atoms in total. The fourth-order valence-electron chi connectivity index (χ4n) is 4.74. The lowest BCUT2D eigenvalue weighted by Crippen LogP contribution is -2.39. The van der Waals surface area contributed by atoms with Gasteiger partial charge in [-0.25, -0.2) is 9.78 Å². The Morgan fingerprint density at radius 1 is 1.00 bits per heavy atom. The molecule has 0 spiro atoms. The van der Waals surface area contributed by atoms with Crippen LogP contribution in [0.4, 0.5) is 5.69 Å². The lowest BCUT2D eigenvalue weighted by Gasteiger charge is -2.41. The molecule has 1 aliphatic heterocycles. The summed E-state index contributed by atoms with van der Waals surface area (Å²) in [5.41, 5.74) is 3.94. The summed E-state index contributed by atoms with van der Waals surface area (Å²) >= 11 is 0. The lowest BCUT2D eigenvalue weighted by molar-refractivity contribution is -0.171. The highest BCUT2D eigenvalue weighted by atomic mass is 16.6. The van der Waals surface area contributed by atoms with Crippen LogP contribution in [0.3, 0.4) is 0 Å². The first kappa shape index (κ1) is 31.8. The van der Waals surface area contributed by atoms with Crippen molar-refractivity contribution in [2.75, 3.05) is 31.2 Å². The van der Waals surface area contributed by atoms with Crippen molar-refractivity contribution in [2.24, 2.45) is 5.41 Å². The van der Waals surface area contributed by atoms with Crippen LogP contribution < -0.4 is 9.64 Å². The summed E-state index contributed by atoms with van der Waals surface area (Å²) in [6, 6.07) is 3.86. The smallest absolute Gasteiger partial charge is 0.340 e. The van der Waals surface area contributed by atoms with Crippen molar-refractivity contribution in [3.63, 3.8) is 0 Å². The van der Waals surface area contributed by atoms with Crippen LogP contribution in [-0.2, 0) is 19.0 Å². The first-order valence-corrected chi connectivity index (χ1v) is 14.5. The monoisotopic (exact) mass is 555 g/mol. The van der Waals surface area contributed by atoms with E-state index in [0.29, 0.717) is 19.1 Å². The molecule has 2 aromatic heterocycles. The third kappa shape index (κ3) is 8.90. The Kier molecular flexibility index (Phi) is 10.6. The number of rotatable bonds is 11. The number of pyridine rings is 2. The van der Waals surface area contributed by atoms with Crippen molar-refractivity contribution >= 4 is 11.7 Å². The van der Waals surface area contributed by atoms with E-state index in [2.05, 4.69) is 23.7 Å². The Labute approximate surface area is 240 Å². The summed E-state index contributed by atoms with van der Waals surface area (Å²) in [4.78, 5) is 25.3. The van der Waals surface area contributed by atoms with E-state index in [9.17, 15) is 4.79 Å². The number of hydrogen-bond acceptors (Lipinski definition) is 8. The zero-order chi connectivity index (χ0) is 29.7. The summed E-state index contributed by atoms with van der Waals surface area (Å²) in [5, 5.41) is 0. The molecular weight excluding hydrogens is 506 g/mol. The fraction of sp³-hybridized carbons (Fsp3) is 0.656. The Morgan fingerprint density at radius 2 is 1.68 bits per heavy atom. The van der Waals surface area contributed by atoms with Gasteiger partial charge in [0.05, 0.1) is 30.1 Å². The van der Waals surface area contributed by atoms with Crippen LogP contribution in [0.25, 0.3) is 11.1 Å². The van der Waals surface area contributed by atoms with E-state index >= 15 is 0 Å². The van der Waals surface area contributed by atoms with E-state index in [-0.39, 0.29) is 17.6 Å². The Bertz CT molecular complexity index is 1110. The van der Waals surface area contributed by atoms with Crippen LogP contribution in [0.15, 0.2) is 24.5 Å². The Balaban J connectivity index is 2.09. The second-order valence-electron chi connectivity index (χ2n) is 12.9. The van der Waals surface area contributed by atoms with E-state index < -0.39 is 17.7 Å². The van der Waals surface area contributed by atoms with Gasteiger partial charge in [-0.2, -0.15) is 0 Å². The highest BCUT2D eigenvalue weighted by molar-refractivity contribution is 5.87. The molecule has 222 valence electrons. The first-order chi connectivity index (χ1) is 18.7. The van der Waals surface area contributed by atoms with Gasteiger partial charge in [0.1, 0.15) is 6.61 Å². The normalized spacial score (nSPS) is 16.4. The van der Waals surface area contributed by atoms with Gasteiger partial charge < -0.3 is 23.8 Å². The van der Waals surface area contributed by atoms with Crippen molar-refractivity contribution in [2.45, 2.75) is 106 Å². The van der Waals surface area contributed by atoms with Crippen molar-refractivity contribution in [1.82, 2.24) is 9.97 Å². The number of esters is 1. The van der Waals surface area contributed by atoms with E-state index in [4.69, 9.17) is 23.9 Å². The Morgan fingerprint density at radius 3 is 2.23 bits per heavy atom. The molecule has 1 saturated heterocycles. The minimum absolute atomic E-state index is 0.157. The molecular formula is C32H49N3O5. The minimum Gasteiger partial charge on any atom is -0.475 e. The molecule has 0 N–H and O–H groups in total. The number of nitrogens with zero attached hydrogens (tertiary/aromatic N) is 3. The number of aromatic nitrogens is 2. The van der Waals surface area contributed by atoms with Gasteiger partial charge in [-0.15, -0.1) is 0 Å². The summed E-state index contributed by atoms with van der Waals surface area (Å²) in [6.45, 7) is 22.8. The SMILES string of the molecule is Cc1ncc(-c2ccc(OCCOC(C)C)nc2)c(N2CCC(C)(C)CC2)c1[C@H](OC(C)(C)C)C(=O)OC(C)C. The van der Waals surface area contributed by atoms with E-state index in [0.717, 1.165) is 54.0 Å². The molecule has 0 bridgehead atoms. The van der Waals surface area contributed by atoms with Crippen molar-refractivity contribution < 1.29 is 23.7 Å². The zero-order valence-corrected chi connectivity index (χ0v) is 26.2. The average molecular weight is 556 g/mol. The number of aryl methyl sites for hydroxylation is 1. The molecule has 3 rings (SSSR count). The number of carbonyl (C=O) groups is 1. The molecule has 0 aromatic carbocycles. The Hall–Kier alpha value is -2.71. The lowest BCUT2D eigenvalue weighted by atomic mass is 9.82. The maximum absolute atomic E-state index is 13.5. The van der Waals surface area contributed by atoms with Crippen molar-refractivity contribution in [3.05, 3.63) is 35.8 Å². The molecule has 3 heterocycles. The van der Waals surface area contributed by atoms with Gasteiger partial charge in [-0.3, -0.25) is 4.98 Å². The van der Waals surface area contributed by atoms with Crippen LogP contribution in [0.1, 0.15) is 92.5 Å². The standard InChI is InChI=1S/C32H49N3O5/c1-21(2)37-17-18-38-26-12-11-24(19-34-26)25-20-33-23(5)27(28(25)35-15-13-32(9,10)14-16-35)29(40-31(6,7)8)30(36)39-22(3)4/h11-12,19-22,29H,13-18H2,1-10H3/t29-/m0/s1. The van der Waals surface area contributed by atoms with Crippen LogP contribution in [-0.4, -0.2) is 60.0 Å². The van der Waals surface area contributed by atoms with E-state index in [1.807, 2.05) is 73.7 Å². The number of hydrogen-bond donors (Lipinski definition) is 0. The minimum atomic E-state index is -0.920. The largest absolute Gasteiger partial charge is 0.475 e. The second-order valence-corrected chi connectivity index (χ2v) is 12.9. The van der Waals surface area contributed by atoms with Crippen molar-refractivity contribution in [1.29, 1.82) is 0 Å². The van der Waals surface area contributed by atoms with Gasteiger partial charge in [0.25, 0.3) is 0 Å². The van der Waals surface area contributed by atoms with Gasteiger partial charge in [0.15, 0.2) is 6.10 Å². The van der Waals surface area contributed by atoms with Crippen LogP contribution in [0, 0.1) is 12.3 Å². The summed E-state index contributed by atoms with van der Waals surface area (Å²) in [7, 11) is 0. The highest BCUT2D eigenvalue weighted by Gasteiger charge is 2.37. The predicted octanol–water partition coefficient (Wildman–Crippen LogP) is 6.69. The molecule has 1 aliphatic rings. The molecule has 0 unspecified atom stereocenters. The van der Waals surface area contributed by atoms with Crippen LogP contribution in [0.2, 0.25) is 0 Å². The zero-order valence-electron chi connectivity index (χ0n) is 26.2. The fourth-order valence-corrected chi connectivity index (χ4v) is 4.74. The van der Waals surface area contributed by atoms with E-state index in [1.165, 1.54) is 0 Å². The molecule has 0 amide bonds. The van der Waals surface area contributed by atoms with Crippen LogP contribution in [0.5, 0.6) is 5.88 Å². The third-order valence-corrected chi connectivity index (χ3v) is 6.85. The topological polar surface area (TPSA) is 83.0 Å². The van der Waals surface area contributed by atoms with Gasteiger partial charge in [0, 0.05) is 53.9 Å². The molecule has 0 radical (unpaired) electrons. The molecule has 2 aromatic rings. The second kappa shape index (κ2) is 13.3. The van der Waals surface area contributed by atoms with Gasteiger partial charge >= 0.3 is 5.97 Å². The number of carbonyl (C=O) groups excluding carboxylic acids is 1. The third-order valence-electron chi connectivity index (χ3n) is 6.85. The van der Waals surface area contributed by atoms with Crippen LogP contribution >= 0.6 is 0 Å². The van der Waals surface area contributed by atoms with E-state index in [1.54, 1.807) is 6.20 Å². The first-order valence-electron chi connectivity index (χ1n) is 14.5. The quantitative estimate of drug-likeness (QED) is 0.224. The van der Waals surface area contributed by atoms with Crippen molar-refractivity contribution in [3.8, 4) is 17.0 Å². The summed E-state index contributed by atoms with van der Waals surface area (Å²) in [6.07, 6.45) is 4.73. The molecule has 8 heteroatoms. The molecule has 0 aliphatic carbocycles. The molecule has 0 saturated carbocycles. The predicted molar refractivity (Wildman–Crippen MR) is 159 cm³/mol. The summed E-state index contributed by atoms with van der Waals surface area (Å²) in [5.74, 6) is 0.128. The maximum atomic E-state index is 13.5. The highest BCUT2D eigenvalue weighted by Crippen LogP contribution is 2.43. The number of anilines is 1. The summed E-state index contributed by atoms with van der Waals surface area (Å²) < 4.78 is 23.5. The maximum Gasteiger partial charge on any atom is 0.340 e. The number of piperidine rings is 1. The molecule has 1 fully saturated rings. The number of ether oxygens (including phenoxy) is 4. The van der Waals surface area contributed by atoms with Gasteiger partial charge in [-0.1, -0.05) is 13.8 Å².